The molecule has 2 N–H and O–H groups in total. The van der Waals surface area contributed by atoms with E-state index in [4.69, 9.17) is 10.5 Å². The number of likely N-dealkylation sites (N-methyl/N-ethyl adjacent to an activating group) is 1. The summed E-state index contributed by atoms with van der Waals surface area (Å²) in [6, 6.07) is 8.59. The summed E-state index contributed by atoms with van der Waals surface area (Å²) in [5.41, 5.74) is 8.86. The molecule has 1 aromatic rings. The molecule has 0 bridgehead atoms. The number of anilines is 1. The Morgan fingerprint density at radius 1 is 1.25 bits per heavy atom. The van der Waals surface area contributed by atoms with Crippen LogP contribution in [0.5, 0.6) is 0 Å². The van der Waals surface area contributed by atoms with Crippen LogP contribution in [0.4, 0.5) is 5.69 Å². The maximum atomic E-state index is 6.23. The third kappa shape index (κ3) is 2.84. The molecule has 0 radical (unpaired) electrons. The Balaban J connectivity index is 2.39. The molecule has 112 valence electrons. The van der Waals surface area contributed by atoms with Crippen molar-refractivity contribution in [3.05, 3.63) is 29.8 Å². The number of para-hydroxylation sites is 1. The molecule has 0 amide bonds. The van der Waals surface area contributed by atoms with Crippen LogP contribution in [0, 0.1) is 6.92 Å². The Hall–Kier alpha value is -1.06. The van der Waals surface area contributed by atoms with Crippen molar-refractivity contribution in [3.8, 4) is 0 Å². The molecule has 2 unspecified atom stereocenters. The van der Waals surface area contributed by atoms with Gasteiger partial charge in [0.2, 0.25) is 0 Å². The predicted octanol–water partition coefficient (Wildman–Crippen LogP) is 3.11. The minimum Gasteiger partial charge on any atom is -0.375 e. The molecule has 0 saturated carbocycles. The van der Waals surface area contributed by atoms with E-state index in [-0.39, 0.29) is 17.7 Å². The van der Waals surface area contributed by atoms with Gasteiger partial charge < -0.3 is 15.4 Å². The largest absolute Gasteiger partial charge is 0.375 e. The minimum absolute atomic E-state index is 0.0119. The van der Waals surface area contributed by atoms with Gasteiger partial charge in [-0.3, -0.25) is 0 Å². The van der Waals surface area contributed by atoms with E-state index < -0.39 is 0 Å². The van der Waals surface area contributed by atoms with Crippen LogP contribution >= 0.6 is 0 Å². The highest BCUT2D eigenvalue weighted by Gasteiger charge is 2.42. The molecular formula is C17H28N2O. The summed E-state index contributed by atoms with van der Waals surface area (Å²) in [6.07, 6.45) is 2.52. The van der Waals surface area contributed by atoms with Crippen LogP contribution in [0.1, 0.15) is 39.2 Å². The van der Waals surface area contributed by atoms with Gasteiger partial charge in [0, 0.05) is 18.8 Å². The van der Waals surface area contributed by atoms with E-state index in [1.165, 1.54) is 11.3 Å². The molecule has 3 nitrogen and oxygen atoms in total. The number of hydrogen-bond acceptors (Lipinski definition) is 3. The second-order valence-electron chi connectivity index (χ2n) is 6.12. The fourth-order valence-electron chi connectivity index (χ4n) is 3.77. The van der Waals surface area contributed by atoms with Crippen LogP contribution in [0.15, 0.2) is 24.3 Å². The quantitative estimate of drug-likeness (QED) is 0.918. The number of nitrogens with two attached hydrogens (primary N) is 1. The molecule has 1 aliphatic heterocycles. The van der Waals surface area contributed by atoms with Gasteiger partial charge >= 0.3 is 0 Å². The Labute approximate surface area is 123 Å². The SMILES string of the molecule is CCN(c1ccccc1C)C1(CN)CC(C)OC(C)C1. The normalized spacial score (nSPS) is 30.2. The first-order valence-electron chi connectivity index (χ1n) is 7.71. The lowest BCUT2D eigenvalue weighted by atomic mass is 9.81. The molecule has 1 aromatic carbocycles. The molecule has 2 rings (SSSR count). The summed E-state index contributed by atoms with van der Waals surface area (Å²) in [5.74, 6) is 0. The molecule has 0 aliphatic carbocycles. The maximum Gasteiger partial charge on any atom is 0.0573 e. The fraction of sp³-hybridized carbons (Fsp3) is 0.647. The van der Waals surface area contributed by atoms with Crippen molar-refractivity contribution < 1.29 is 4.74 Å². The van der Waals surface area contributed by atoms with Crippen LogP contribution in [-0.2, 0) is 4.74 Å². The van der Waals surface area contributed by atoms with Crippen LogP contribution in [-0.4, -0.2) is 30.8 Å². The second kappa shape index (κ2) is 6.15. The molecule has 2 atom stereocenters. The molecule has 1 fully saturated rings. The summed E-state index contributed by atoms with van der Waals surface area (Å²) >= 11 is 0. The van der Waals surface area contributed by atoms with Crippen LogP contribution in [0.2, 0.25) is 0 Å². The van der Waals surface area contributed by atoms with Crippen molar-refractivity contribution in [2.45, 2.75) is 58.3 Å². The topological polar surface area (TPSA) is 38.5 Å². The third-order valence-electron chi connectivity index (χ3n) is 4.47. The number of benzene rings is 1. The number of aryl methyl sites for hydroxylation is 1. The molecule has 3 heteroatoms. The van der Waals surface area contributed by atoms with E-state index in [2.05, 4.69) is 56.9 Å². The standard InChI is InChI=1S/C17H28N2O/c1-5-19(16-9-7-6-8-13(16)2)17(12-18)10-14(3)20-15(4)11-17/h6-9,14-15H,5,10-12,18H2,1-4H3. The van der Waals surface area contributed by atoms with Gasteiger partial charge in [-0.1, -0.05) is 18.2 Å². The Bertz CT molecular complexity index is 436. The van der Waals surface area contributed by atoms with Gasteiger partial charge in [0.1, 0.15) is 0 Å². The first kappa shape index (κ1) is 15.3. The maximum absolute atomic E-state index is 6.23. The summed E-state index contributed by atoms with van der Waals surface area (Å²) in [5, 5.41) is 0. The minimum atomic E-state index is 0.0119. The van der Waals surface area contributed by atoms with Gasteiger partial charge in [-0.05, 0) is 52.2 Å². The summed E-state index contributed by atoms with van der Waals surface area (Å²) < 4.78 is 5.92. The van der Waals surface area contributed by atoms with Crippen molar-refractivity contribution in [3.63, 3.8) is 0 Å². The van der Waals surface area contributed by atoms with Crippen molar-refractivity contribution >= 4 is 5.69 Å². The molecule has 0 aromatic heterocycles. The van der Waals surface area contributed by atoms with Crippen molar-refractivity contribution in [2.24, 2.45) is 5.73 Å². The number of rotatable bonds is 4. The molecule has 0 spiro atoms. The molecular weight excluding hydrogens is 248 g/mol. The molecule has 1 aliphatic rings. The van der Waals surface area contributed by atoms with Gasteiger partial charge in [0.25, 0.3) is 0 Å². The Kier molecular flexibility index (Phi) is 4.71. The van der Waals surface area contributed by atoms with Gasteiger partial charge in [0.05, 0.1) is 17.7 Å². The van der Waals surface area contributed by atoms with Crippen molar-refractivity contribution in [2.75, 3.05) is 18.0 Å². The highest BCUT2D eigenvalue weighted by molar-refractivity contribution is 5.55. The fourth-order valence-corrected chi connectivity index (χ4v) is 3.77. The van der Waals surface area contributed by atoms with E-state index >= 15 is 0 Å². The Morgan fingerprint density at radius 3 is 2.35 bits per heavy atom. The first-order valence-corrected chi connectivity index (χ1v) is 7.71. The highest BCUT2D eigenvalue weighted by Crippen LogP contribution is 2.37. The number of ether oxygens (including phenoxy) is 1. The lowest BCUT2D eigenvalue weighted by Crippen LogP contribution is -2.60. The number of hydrogen-bond donors (Lipinski definition) is 1. The summed E-state index contributed by atoms with van der Waals surface area (Å²) in [6.45, 7) is 10.4. The lowest BCUT2D eigenvalue weighted by Gasteiger charge is -2.50. The van der Waals surface area contributed by atoms with Gasteiger partial charge in [0.15, 0.2) is 0 Å². The van der Waals surface area contributed by atoms with E-state index in [1.54, 1.807) is 0 Å². The molecule has 1 heterocycles. The first-order chi connectivity index (χ1) is 9.52. The zero-order valence-electron chi connectivity index (χ0n) is 13.2. The summed E-state index contributed by atoms with van der Waals surface area (Å²) in [7, 11) is 0. The van der Waals surface area contributed by atoms with Crippen molar-refractivity contribution in [1.29, 1.82) is 0 Å². The second-order valence-corrected chi connectivity index (χ2v) is 6.12. The van der Waals surface area contributed by atoms with Crippen molar-refractivity contribution in [1.82, 2.24) is 0 Å². The molecule has 1 saturated heterocycles. The predicted molar refractivity (Wildman–Crippen MR) is 85.2 cm³/mol. The van der Waals surface area contributed by atoms with E-state index in [1.807, 2.05) is 0 Å². The van der Waals surface area contributed by atoms with Gasteiger partial charge in [-0.2, -0.15) is 0 Å². The highest BCUT2D eigenvalue weighted by atomic mass is 16.5. The monoisotopic (exact) mass is 276 g/mol. The zero-order valence-corrected chi connectivity index (χ0v) is 13.2. The van der Waals surface area contributed by atoms with Crippen LogP contribution < -0.4 is 10.6 Å². The Morgan fingerprint density at radius 2 is 1.85 bits per heavy atom. The average Bonchev–Trinajstić information content (AvgIpc) is 2.40. The van der Waals surface area contributed by atoms with E-state index in [0.717, 1.165) is 19.4 Å². The van der Waals surface area contributed by atoms with Gasteiger partial charge in [-0.25, -0.2) is 0 Å². The smallest absolute Gasteiger partial charge is 0.0573 e. The summed E-state index contributed by atoms with van der Waals surface area (Å²) in [4.78, 5) is 2.50. The van der Waals surface area contributed by atoms with E-state index in [0.29, 0.717) is 6.54 Å². The lowest BCUT2D eigenvalue weighted by molar-refractivity contribution is -0.0599. The van der Waals surface area contributed by atoms with Crippen LogP contribution in [0.3, 0.4) is 0 Å². The zero-order chi connectivity index (χ0) is 14.8. The molecule has 20 heavy (non-hydrogen) atoms. The average molecular weight is 276 g/mol. The number of nitrogens with zero attached hydrogens (tertiary/aromatic N) is 1. The van der Waals surface area contributed by atoms with Gasteiger partial charge in [-0.15, -0.1) is 0 Å². The van der Waals surface area contributed by atoms with E-state index in [9.17, 15) is 0 Å². The third-order valence-corrected chi connectivity index (χ3v) is 4.47. The van der Waals surface area contributed by atoms with Crippen LogP contribution in [0.25, 0.3) is 0 Å².